The molecule has 134 valence electrons. The van der Waals surface area contributed by atoms with Gasteiger partial charge in [0, 0.05) is 77.2 Å². The molecule has 1 amide bonds. The number of hydrogen-bond acceptors (Lipinski definition) is 6. The lowest BCUT2D eigenvalue weighted by atomic mass is 10.3. The maximum atomic E-state index is 12.2. The third-order valence-electron chi connectivity index (χ3n) is 4.19. The Hall–Kier alpha value is -1.57. The molecule has 7 nitrogen and oxygen atoms in total. The second-order valence-electron chi connectivity index (χ2n) is 6.46. The Balaban J connectivity index is 1.84. The third-order valence-corrected chi connectivity index (χ3v) is 4.19. The number of carbonyl (C=O) groups excluding carboxylic acids is 1. The van der Waals surface area contributed by atoms with Crippen molar-refractivity contribution in [1.82, 2.24) is 24.7 Å². The monoisotopic (exact) mass is 335 g/mol. The fourth-order valence-corrected chi connectivity index (χ4v) is 2.67. The number of nitrogens with zero attached hydrogens (tertiary/aromatic N) is 5. The summed E-state index contributed by atoms with van der Waals surface area (Å²) in [5.41, 5.74) is 1.09. The first-order valence-corrected chi connectivity index (χ1v) is 8.52. The van der Waals surface area contributed by atoms with Gasteiger partial charge in [0.25, 0.3) is 0 Å². The van der Waals surface area contributed by atoms with Gasteiger partial charge in [-0.05, 0) is 14.1 Å². The molecular weight excluding hydrogens is 306 g/mol. The van der Waals surface area contributed by atoms with Crippen LogP contribution in [0.5, 0.6) is 0 Å². The highest BCUT2D eigenvalue weighted by atomic mass is 16.5. The average molecular weight is 335 g/mol. The quantitative estimate of drug-likeness (QED) is 0.679. The van der Waals surface area contributed by atoms with Crippen LogP contribution in [0.2, 0.25) is 0 Å². The van der Waals surface area contributed by atoms with Crippen molar-refractivity contribution in [1.29, 1.82) is 0 Å². The van der Waals surface area contributed by atoms with Crippen molar-refractivity contribution in [3.05, 3.63) is 23.8 Å². The number of aromatic nitrogens is 2. The number of ether oxygens (including phenoxy) is 1. The summed E-state index contributed by atoms with van der Waals surface area (Å²) in [7, 11) is 5.74. The average Bonchev–Trinajstić information content (AvgIpc) is 2.74. The lowest BCUT2D eigenvalue weighted by molar-refractivity contribution is -0.130. The summed E-state index contributed by atoms with van der Waals surface area (Å²) in [5, 5.41) is 0. The maximum Gasteiger partial charge on any atom is 0.223 e. The summed E-state index contributed by atoms with van der Waals surface area (Å²) in [6.45, 7) is 5.61. The lowest BCUT2D eigenvalue weighted by Crippen LogP contribution is -2.37. The van der Waals surface area contributed by atoms with E-state index in [0.29, 0.717) is 13.0 Å². The molecule has 24 heavy (non-hydrogen) atoms. The zero-order valence-corrected chi connectivity index (χ0v) is 15.1. The molecule has 0 saturated carbocycles. The molecule has 0 bridgehead atoms. The summed E-state index contributed by atoms with van der Waals surface area (Å²) in [6, 6.07) is 0. The van der Waals surface area contributed by atoms with E-state index in [9.17, 15) is 4.79 Å². The van der Waals surface area contributed by atoms with Crippen molar-refractivity contribution >= 4 is 5.91 Å². The molecule has 7 heteroatoms. The number of hydrogen-bond donors (Lipinski definition) is 0. The van der Waals surface area contributed by atoms with Crippen LogP contribution >= 0.6 is 0 Å². The van der Waals surface area contributed by atoms with Crippen molar-refractivity contribution in [2.45, 2.75) is 19.4 Å². The van der Waals surface area contributed by atoms with Gasteiger partial charge in [-0.1, -0.05) is 0 Å². The van der Waals surface area contributed by atoms with Gasteiger partial charge in [0.05, 0.1) is 6.61 Å². The molecule has 0 unspecified atom stereocenters. The van der Waals surface area contributed by atoms with Gasteiger partial charge in [-0.3, -0.25) is 9.69 Å². The number of rotatable bonds is 8. The van der Waals surface area contributed by atoms with Gasteiger partial charge in [-0.2, -0.15) is 0 Å². The Labute approximate surface area is 144 Å². The highest BCUT2D eigenvalue weighted by molar-refractivity contribution is 5.76. The first-order valence-electron chi connectivity index (χ1n) is 8.52. The normalized spacial score (nSPS) is 16.7. The molecule has 1 aromatic heterocycles. The molecule has 0 aliphatic carbocycles. The predicted octanol–water partition coefficient (Wildman–Crippen LogP) is 0.261. The van der Waals surface area contributed by atoms with Crippen molar-refractivity contribution < 1.29 is 9.53 Å². The number of carbonyl (C=O) groups is 1. The Morgan fingerprint density at radius 3 is 2.62 bits per heavy atom. The molecule has 0 aromatic carbocycles. The predicted molar refractivity (Wildman–Crippen MR) is 92.6 cm³/mol. The Morgan fingerprint density at radius 2 is 1.96 bits per heavy atom. The van der Waals surface area contributed by atoms with Crippen LogP contribution < -0.4 is 0 Å². The summed E-state index contributed by atoms with van der Waals surface area (Å²) in [5.74, 6) is 1.06. The lowest BCUT2D eigenvalue weighted by Gasteiger charge is -2.23. The van der Waals surface area contributed by atoms with E-state index in [1.165, 1.54) is 0 Å². The molecule has 1 fully saturated rings. The molecule has 0 N–H and O–H groups in total. The van der Waals surface area contributed by atoms with E-state index < -0.39 is 0 Å². The van der Waals surface area contributed by atoms with E-state index >= 15 is 0 Å². The van der Waals surface area contributed by atoms with E-state index in [0.717, 1.165) is 57.1 Å². The standard InChI is InChI=1S/C17H29N5O2/c1-20(2)7-9-22-10-8-21(6-4-17(22)23)14-15-12-18-16(19-13-15)5-11-24-3/h12-13H,4-11,14H2,1-3H3. The molecule has 1 aliphatic rings. The van der Waals surface area contributed by atoms with Crippen molar-refractivity contribution in [3.63, 3.8) is 0 Å². The summed E-state index contributed by atoms with van der Waals surface area (Å²) >= 11 is 0. The Kier molecular flexibility index (Phi) is 7.55. The van der Waals surface area contributed by atoms with Crippen molar-refractivity contribution in [3.8, 4) is 0 Å². The van der Waals surface area contributed by atoms with Gasteiger partial charge < -0.3 is 14.5 Å². The maximum absolute atomic E-state index is 12.2. The van der Waals surface area contributed by atoms with Crippen LogP contribution in [0.3, 0.4) is 0 Å². The van der Waals surface area contributed by atoms with Gasteiger partial charge in [0.15, 0.2) is 0 Å². The van der Waals surface area contributed by atoms with Gasteiger partial charge in [0.2, 0.25) is 5.91 Å². The van der Waals surface area contributed by atoms with Crippen LogP contribution in [-0.4, -0.2) is 91.1 Å². The van der Waals surface area contributed by atoms with Crippen LogP contribution in [0, 0.1) is 0 Å². The van der Waals surface area contributed by atoms with E-state index in [2.05, 4.69) is 19.8 Å². The van der Waals surface area contributed by atoms with E-state index in [-0.39, 0.29) is 5.91 Å². The zero-order chi connectivity index (χ0) is 17.4. The fraction of sp³-hybridized carbons (Fsp3) is 0.706. The van der Waals surface area contributed by atoms with Crippen LogP contribution in [0.15, 0.2) is 12.4 Å². The summed E-state index contributed by atoms with van der Waals surface area (Å²) in [6.07, 6.45) is 5.08. The molecule has 0 atom stereocenters. The van der Waals surface area contributed by atoms with Gasteiger partial charge in [-0.15, -0.1) is 0 Å². The minimum Gasteiger partial charge on any atom is -0.384 e. The fourth-order valence-electron chi connectivity index (χ4n) is 2.67. The van der Waals surface area contributed by atoms with Crippen molar-refractivity contribution in [2.24, 2.45) is 0 Å². The second-order valence-corrected chi connectivity index (χ2v) is 6.46. The SMILES string of the molecule is COCCc1ncc(CN2CCC(=O)N(CCN(C)C)CC2)cn1. The molecule has 0 radical (unpaired) electrons. The van der Waals surface area contributed by atoms with Gasteiger partial charge in [0.1, 0.15) is 5.82 Å². The number of likely N-dealkylation sites (N-methyl/N-ethyl adjacent to an activating group) is 1. The highest BCUT2D eigenvalue weighted by Crippen LogP contribution is 2.09. The molecule has 1 aromatic rings. The summed E-state index contributed by atoms with van der Waals surface area (Å²) in [4.78, 5) is 27.4. The Morgan fingerprint density at radius 1 is 1.21 bits per heavy atom. The number of methoxy groups -OCH3 is 1. The zero-order valence-electron chi connectivity index (χ0n) is 15.1. The molecule has 1 saturated heterocycles. The topological polar surface area (TPSA) is 61.8 Å². The molecular formula is C17H29N5O2. The molecule has 2 rings (SSSR count). The van der Waals surface area contributed by atoms with Gasteiger partial charge >= 0.3 is 0 Å². The Bertz CT molecular complexity index is 506. The molecule has 2 heterocycles. The second kappa shape index (κ2) is 9.66. The van der Waals surface area contributed by atoms with E-state index in [1.807, 2.05) is 31.4 Å². The molecule has 1 aliphatic heterocycles. The van der Waals surface area contributed by atoms with Crippen molar-refractivity contribution in [2.75, 3.05) is 60.5 Å². The van der Waals surface area contributed by atoms with Crippen LogP contribution in [0.1, 0.15) is 17.8 Å². The van der Waals surface area contributed by atoms with Gasteiger partial charge in [-0.25, -0.2) is 9.97 Å². The minimum atomic E-state index is 0.255. The van der Waals surface area contributed by atoms with Crippen LogP contribution in [0.25, 0.3) is 0 Å². The van der Waals surface area contributed by atoms with E-state index in [4.69, 9.17) is 4.74 Å². The minimum absolute atomic E-state index is 0.255. The van der Waals surface area contributed by atoms with E-state index in [1.54, 1.807) is 7.11 Å². The highest BCUT2D eigenvalue weighted by Gasteiger charge is 2.20. The third kappa shape index (κ3) is 6.14. The number of amides is 1. The first-order chi connectivity index (χ1) is 11.6. The smallest absolute Gasteiger partial charge is 0.223 e. The first kappa shape index (κ1) is 18.8. The largest absolute Gasteiger partial charge is 0.384 e. The van der Waals surface area contributed by atoms with Crippen LogP contribution in [-0.2, 0) is 22.5 Å². The summed E-state index contributed by atoms with van der Waals surface area (Å²) < 4.78 is 5.04. The van der Waals surface area contributed by atoms with Crippen LogP contribution in [0.4, 0.5) is 0 Å². The molecule has 0 spiro atoms.